The van der Waals surface area contributed by atoms with Crippen LogP contribution >= 0.6 is 11.6 Å². The molecule has 1 aliphatic rings. The highest BCUT2D eigenvalue weighted by atomic mass is 35.5. The van der Waals surface area contributed by atoms with Gasteiger partial charge < -0.3 is 10.1 Å². The minimum Gasteiger partial charge on any atom is -0.480 e. The number of halogens is 1. The number of aromatic amines is 1. The Balaban J connectivity index is 1.87. The highest BCUT2D eigenvalue weighted by Crippen LogP contribution is 2.38. The van der Waals surface area contributed by atoms with Gasteiger partial charge in [0.2, 0.25) is 0 Å². The topological polar surface area (TPSA) is 56.3 Å². The summed E-state index contributed by atoms with van der Waals surface area (Å²) in [6.45, 7) is 0.733. The van der Waals surface area contributed by atoms with Gasteiger partial charge in [-0.25, -0.2) is 0 Å². The zero-order chi connectivity index (χ0) is 16.7. The Kier molecular flexibility index (Phi) is 3.79. The molecule has 1 atom stereocenters. The molecule has 1 aliphatic heterocycles. The van der Waals surface area contributed by atoms with Crippen LogP contribution in [0.5, 0.6) is 0 Å². The molecule has 0 saturated heterocycles. The van der Waals surface area contributed by atoms with Crippen LogP contribution in [0.4, 0.5) is 0 Å². The fourth-order valence-electron chi connectivity index (χ4n) is 3.66. The fraction of sp³-hybridized carbons (Fsp3) is 0.211. The molecule has 24 heavy (non-hydrogen) atoms. The zero-order valence-electron chi connectivity index (χ0n) is 13.0. The van der Waals surface area contributed by atoms with Crippen molar-refractivity contribution in [2.45, 2.75) is 12.5 Å². The number of nitrogens with zero attached hydrogens (tertiary/aromatic N) is 1. The van der Waals surface area contributed by atoms with Crippen LogP contribution in [-0.4, -0.2) is 34.0 Å². The SMILES string of the molecule is O=C(O)CN1CCc2c([nH]c3ccccc23)C1c1ccc(Cl)cc1. The van der Waals surface area contributed by atoms with Crippen molar-refractivity contribution in [1.82, 2.24) is 9.88 Å². The molecule has 3 aromatic rings. The Morgan fingerprint density at radius 2 is 1.96 bits per heavy atom. The normalized spacial score (nSPS) is 17.8. The van der Waals surface area contributed by atoms with Gasteiger partial charge in [0.15, 0.2) is 0 Å². The molecular weight excluding hydrogens is 324 g/mol. The molecule has 4 rings (SSSR count). The molecule has 1 aromatic heterocycles. The van der Waals surface area contributed by atoms with Crippen LogP contribution in [0.15, 0.2) is 48.5 Å². The quantitative estimate of drug-likeness (QED) is 0.761. The van der Waals surface area contributed by atoms with Crippen molar-refractivity contribution >= 4 is 28.5 Å². The van der Waals surface area contributed by atoms with Crippen LogP contribution in [-0.2, 0) is 11.2 Å². The first kappa shape index (κ1) is 15.2. The van der Waals surface area contributed by atoms with E-state index in [4.69, 9.17) is 11.6 Å². The third-order valence-corrected chi connectivity index (χ3v) is 4.91. The standard InChI is InChI=1S/C19H17ClN2O2/c20-13-7-5-12(6-8-13)19-18-15(9-10-22(19)11-17(23)24)14-3-1-2-4-16(14)21-18/h1-8,19,21H,9-11H2,(H,23,24). The molecule has 0 spiro atoms. The smallest absolute Gasteiger partial charge is 0.317 e. The number of carbonyl (C=O) groups is 1. The van der Waals surface area contributed by atoms with E-state index < -0.39 is 5.97 Å². The Morgan fingerprint density at radius 1 is 1.21 bits per heavy atom. The van der Waals surface area contributed by atoms with Gasteiger partial charge in [0, 0.05) is 28.2 Å². The number of para-hydroxylation sites is 1. The van der Waals surface area contributed by atoms with Gasteiger partial charge in [0.05, 0.1) is 12.6 Å². The maximum Gasteiger partial charge on any atom is 0.317 e. The molecule has 5 heteroatoms. The number of carboxylic acid groups (broad SMARTS) is 1. The third-order valence-electron chi connectivity index (χ3n) is 4.66. The third kappa shape index (κ3) is 2.58. The summed E-state index contributed by atoms with van der Waals surface area (Å²) in [4.78, 5) is 16.8. The van der Waals surface area contributed by atoms with Gasteiger partial charge in [-0.3, -0.25) is 9.69 Å². The summed E-state index contributed by atoms with van der Waals surface area (Å²) in [6, 6.07) is 15.8. The molecule has 2 N–H and O–H groups in total. The fourth-order valence-corrected chi connectivity index (χ4v) is 3.78. The number of rotatable bonds is 3. The predicted octanol–water partition coefficient (Wildman–Crippen LogP) is 3.85. The van der Waals surface area contributed by atoms with E-state index >= 15 is 0 Å². The predicted molar refractivity (Wildman–Crippen MR) is 94.5 cm³/mol. The minimum absolute atomic E-state index is 0.0160. The number of aromatic nitrogens is 1. The molecule has 0 radical (unpaired) electrons. The molecule has 0 aliphatic carbocycles. The Hall–Kier alpha value is -2.30. The van der Waals surface area contributed by atoms with Crippen molar-refractivity contribution in [1.29, 1.82) is 0 Å². The van der Waals surface area contributed by atoms with E-state index in [2.05, 4.69) is 17.1 Å². The van der Waals surface area contributed by atoms with Crippen molar-refractivity contribution in [3.63, 3.8) is 0 Å². The monoisotopic (exact) mass is 340 g/mol. The van der Waals surface area contributed by atoms with Crippen LogP contribution < -0.4 is 0 Å². The lowest BCUT2D eigenvalue weighted by Gasteiger charge is -2.35. The van der Waals surface area contributed by atoms with Crippen molar-refractivity contribution in [3.05, 3.63) is 70.4 Å². The number of aliphatic carboxylic acids is 1. The van der Waals surface area contributed by atoms with Crippen LogP contribution in [0.3, 0.4) is 0 Å². The number of hydrogen-bond donors (Lipinski definition) is 2. The van der Waals surface area contributed by atoms with Crippen LogP contribution in [0, 0.1) is 0 Å². The first-order valence-electron chi connectivity index (χ1n) is 7.94. The van der Waals surface area contributed by atoms with Gasteiger partial charge in [0.1, 0.15) is 0 Å². The van der Waals surface area contributed by atoms with E-state index in [1.165, 1.54) is 10.9 Å². The molecule has 0 saturated carbocycles. The second-order valence-electron chi connectivity index (χ2n) is 6.13. The molecule has 1 unspecified atom stereocenters. The van der Waals surface area contributed by atoms with E-state index in [1.807, 2.05) is 41.3 Å². The van der Waals surface area contributed by atoms with Gasteiger partial charge in [-0.05, 0) is 35.7 Å². The van der Waals surface area contributed by atoms with E-state index in [9.17, 15) is 9.90 Å². The number of fused-ring (bicyclic) bond motifs is 3. The van der Waals surface area contributed by atoms with E-state index in [1.54, 1.807) is 0 Å². The van der Waals surface area contributed by atoms with E-state index in [0.29, 0.717) is 11.6 Å². The average Bonchev–Trinajstić information content (AvgIpc) is 2.94. The van der Waals surface area contributed by atoms with Crippen molar-refractivity contribution in [2.75, 3.05) is 13.1 Å². The molecule has 2 aromatic carbocycles. The van der Waals surface area contributed by atoms with Crippen molar-refractivity contribution < 1.29 is 9.90 Å². The average molecular weight is 341 g/mol. The molecule has 0 bridgehead atoms. The number of nitrogens with one attached hydrogen (secondary N) is 1. The number of carboxylic acids is 1. The van der Waals surface area contributed by atoms with Gasteiger partial charge >= 0.3 is 5.97 Å². The molecule has 0 amide bonds. The maximum atomic E-state index is 11.3. The Bertz CT molecular complexity index is 901. The molecule has 122 valence electrons. The van der Waals surface area contributed by atoms with Crippen LogP contribution in [0.2, 0.25) is 5.02 Å². The highest BCUT2D eigenvalue weighted by molar-refractivity contribution is 6.30. The van der Waals surface area contributed by atoms with Gasteiger partial charge in [-0.15, -0.1) is 0 Å². The van der Waals surface area contributed by atoms with Crippen molar-refractivity contribution in [2.24, 2.45) is 0 Å². The number of benzene rings is 2. The lowest BCUT2D eigenvalue weighted by atomic mass is 9.92. The summed E-state index contributed by atoms with van der Waals surface area (Å²) in [5.74, 6) is -0.812. The maximum absolute atomic E-state index is 11.3. The van der Waals surface area contributed by atoms with Crippen molar-refractivity contribution in [3.8, 4) is 0 Å². The largest absolute Gasteiger partial charge is 0.480 e. The van der Waals surface area contributed by atoms with Gasteiger partial charge in [-0.2, -0.15) is 0 Å². The molecular formula is C19H17ClN2O2. The second kappa shape index (κ2) is 5.96. The highest BCUT2D eigenvalue weighted by Gasteiger charge is 2.32. The first-order chi connectivity index (χ1) is 11.6. The molecule has 2 heterocycles. The summed E-state index contributed by atoms with van der Waals surface area (Å²) in [5, 5.41) is 11.2. The van der Waals surface area contributed by atoms with Gasteiger partial charge in [-0.1, -0.05) is 41.9 Å². The minimum atomic E-state index is -0.812. The zero-order valence-corrected chi connectivity index (χ0v) is 13.8. The number of hydrogen-bond acceptors (Lipinski definition) is 2. The Labute approximate surface area is 144 Å². The summed E-state index contributed by atoms with van der Waals surface area (Å²) in [7, 11) is 0. The Morgan fingerprint density at radius 3 is 2.71 bits per heavy atom. The summed E-state index contributed by atoms with van der Waals surface area (Å²) in [5.41, 5.74) is 4.52. The summed E-state index contributed by atoms with van der Waals surface area (Å²) < 4.78 is 0. The molecule has 4 nitrogen and oxygen atoms in total. The van der Waals surface area contributed by atoms with E-state index in [0.717, 1.165) is 23.2 Å². The number of H-pyrrole nitrogens is 1. The molecule has 0 fully saturated rings. The van der Waals surface area contributed by atoms with Gasteiger partial charge in [0.25, 0.3) is 0 Å². The second-order valence-corrected chi connectivity index (χ2v) is 6.57. The summed E-state index contributed by atoms with van der Waals surface area (Å²) in [6.07, 6.45) is 0.844. The first-order valence-corrected chi connectivity index (χ1v) is 8.32. The lowest BCUT2D eigenvalue weighted by molar-refractivity contribution is -0.138. The van der Waals surface area contributed by atoms with E-state index in [-0.39, 0.29) is 12.6 Å². The lowest BCUT2D eigenvalue weighted by Crippen LogP contribution is -2.39. The summed E-state index contributed by atoms with van der Waals surface area (Å²) >= 11 is 6.02. The van der Waals surface area contributed by atoms with Crippen LogP contribution in [0.1, 0.15) is 22.9 Å². The van der Waals surface area contributed by atoms with Crippen LogP contribution in [0.25, 0.3) is 10.9 Å².